The molecule has 0 saturated carbocycles. The van der Waals surface area contributed by atoms with E-state index in [0.29, 0.717) is 30.5 Å². The van der Waals surface area contributed by atoms with Crippen LogP contribution in [0.4, 0.5) is 5.69 Å². The van der Waals surface area contributed by atoms with Crippen molar-refractivity contribution in [1.82, 2.24) is 0 Å². The van der Waals surface area contributed by atoms with Gasteiger partial charge in [-0.1, -0.05) is 39.1 Å². The molecular weight excluding hydrogens is 343 g/mol. The van der Waals surface area contributed by atoms with Gasteiger partial charge in [-0.25, -0.2) is 0 Å². The van der Waals surface area contributed by atoms with Crippen LogP contribution in [0, 0.1) is 0 Å². The molecule has 7 heteroatoms. The van der Waals surface area contributed by atoms with Gasteiger partial charge >= 0.3 is 0 Å². The lowest BCUT2D eigenvalue weighted by Crippen LogP contribution is -2.17. The van der Waals surface area contributed by atoms with Crippen LogP contribution in [0.2, 0.25) is 10.0 Å². The van der Waals surface area contributed by atoms with Crippen LogP contribution in [-0.2, 0) is 4.74 Å². The Kier molecular flexibility index (Phi) is 6.78. The fraction of sp³-hybridized carbons (Fsp3) is 0.364. The van der Waals surface area contributed by atoms with Crippen molar-refractivity contribution in [2.45, 2.75) is 0 Å². The third kappa shape index (κ3) is 4.65. The van der Waals surface area contributed by atoms with Crippen molar-refractivity contribution in [2.75, 3.05) is 30.4 Å². The first-order valence-corrected chi connectivity index (χ1v) is 7.10. The minimum atomic E-state index is -0.597. The number of halogens is 3. The van der Waals surface area contributed by atoms with Gasteiger partial charge in [0.1, 0.15) is 0 Å². The molecule has 0 aliphatic heterocycles. The number of carbonyl (C=O) groups is 1. The van der Waals surface area contributed by atoms with Gasteiger partial charge in [-0.2, -0.15) is 0 Å². The van der Waals surface area contributed by atoms with Crippen LogP contribution in [0.15, 0.2) is 12.1 Å². The van der Waals surface area contributed by atoms with E-state index in [1.165, 1.54) is 6.07 Å². The molecule has 1 aromatic rings. The van der Waals surface area contributed by atoms with Crippen molar-refractivity contribution in [3.05, 3.63) is 27.7 Å². The fourth-order valence-corrected chi connectivity index (χ4v) is 2.19. The smallest absolute Gasteiger partial charge is 0.252 e. The van der Waals surface area contributed by atoms with E-state index in [0.717, 1.165) is 5.33 Å². The third-order valence-electron chi connectivity index (χ3n) is 2.08. The van der Waals surface area contributed by atoms with Crippen LogP contribution in [0.3, 0.4) is 0 Å². The molecule has 0 spiro atoms. The molecule has 18 heavy (non-hydrogen) atoms. The van der Waals surface area contributed by atoms with E-state index in [1.807, 2.05) is 0 Å². The summed E-state index contributed by atoms with van der Waals surface area (Å²) in [5, 5.41) is 4.48. The van der Waals surface area contributed by atoms with Crippen LogP contribution in [0.25, 0.3) is 0 Å². The molecule has 0 heterocycles. The van der Waals surface area contributed by atoms with Gasteiger partial charge in [-0.05, 0) is 12.1 Å². The molecule has 0 fully saturated rings. The first-order chi connectivity index (χ1) is 8.56. The van der Waals surface area contributed by atoms with Gasteiger partial charge in [-0.3, -0.25) is 4.79 Å². The number of primary amides is 1. The Bertz CT molecular complexity index is 430. The topological polar surface area (TPSA) is 64.4 Å². The number of rotatable bonds is 7. The number of alkyl halides is 1. The predicted octanol–water partition coefficient (Wildman–Crippen LogP) is 2.92. The number of benzene rings is 1. The molecule has 4 nitrogen and oxygen atoms in total. The monoisotopic (exact) mass is 354 g/mol. The third-order valence-corrected chi connectivity index (χ3v) is 2.92. The lowest BCUT2D eigenvalue weighted by Gasteiger charge is -2.12. The summed E-state index contributed by atoms with van der Waals surface area (Å²) in [7, 11) is 0. The minimum absolute atomic E-state index is 0.235. The van der Waals surface area contributed by atoms with E-state index < -0.39 is 5.91 Å². The molecular formula is C11H13BrCl2N2O2. The predicted molar refractivity (Wildman–Crippen MR) is 78.1 cm³/mol. The van der Waals surface area contributed by atoms with Gasteiger partial charge in [0.25, 0.3) is 5.91 Å². The number of ether oxygens (including phenoxy) is 1. The van der Waals surface area contributed by atoms with E-state index in [-0.39, 0.29) is 10.6 Å². The van der Waals surface area contributed by atoms with Crippen molar-refractivity contribution < 1.29 is 9.53 Å². The average molecular weight is 356 g/mol. The van der Waals surface area contributed by atoms with Crippen molar-refractivity contribution in [2.24, 2.45) is 5.73 Å². The number of hydrogen-bond acceptors (Lipinski definition) is 3. The zero-order chi connectivity index (χ0) is 13.5. The number of carbonyl (C=O) groups excluding carboxylic acids is 1. The molecule has 0 aliphatic rings. The Balaban J connectivity index is 2.71. The second kappa shape index (κ2) is 7.84. The number of anilines is 1. The summed E-state index contributed by atoms with van der Waals surface area (Å²) in [6, 6.07) is 3.09. The molecule has 0 atom stereocenters. The van der Waals surface area contributed by atoms with E-state index in [9.17, 15) is 4.79 Å². The van der Waals surface area contributed by atoms with Crippen LogP contribution in [0.1, 0.15) is 10.4 Å². The normalized spacial score (nSPS) is 10.4. The van der Waals surface area contributed by atoms with Gasteiger partial charge in [0.15, 0.2) is 0 Å². The maximum Gasteiger partial charge on any atom is 0.252 e. The van der Waals surface area contributed by atoms with Gasteiger partial charge < -0.3 is 15.8 Å². The second-order valence-corrected chi connectivity index (χ2v) is 5.04. The Morgan fingerprint density at radius 3 is 2.72 bits per heavy atom. The number of nitrogens with one attached hydrogen (secondary N) is 1. The summed E-state index contributed by atoms with van der Waals surface area (Å²) in [6.07, 6.45) is 0. The zero-order valence-corrected chi connectivity index (χ0v) is 12.6. The molecule has 1 aromatic carbocycles. The molecule has 0 radical (unpaired) electrons. The molecule has 1 amide bonds. The Morgan fingerprint density at radius 1 is 1.39 bits per heavy atom. The summed E-state index contributed by atoms with van der Waals surface area (Å²) < 4.78 is 5.27. The van der Waals surface area contributed by atoms with E-state index >= 15 is 0 Å². The van der Waals surface area contributed by atoms with Gasteiger partial charge in [-0.15, -0.1) is 0 Å². The first-order valence-electron chi connectivity index (χ1n) is 5.22. The Labute approximate surface area is 124 Å². The summed E-state index contributed by atoms with van der Waals surface area (Å²) in [5.74, 6) is -0.597. The minimum Gasteiger partial charge on any atom is -0.382 e. The van der Waals surface area contributed by atoms with E-state index in [4.69, 9.17) is 33.7 Å². The highest BCUT2D eigenvalue weighted by Crippen LogP contribution is 2.28. The number of amides is 1. The van der Waals surface area contributed by atoms with Crippen molar-refractivity contribution in [3.8, 4) is 0 Å². The van der Waals surface area contributed by atoms with Crippen molar-refractivity contribution in [3.63, 3.8) is 0 Å². The summed E-state index contributed by atoms with van der Waals surface area (Å²) >= 11 is 15.1. The first kappa shape index (κ1) is 15.6. The summed E-state index contributed by atoms with van der Waals surface area (Å²) in [6.45, 7) is 1.67. The Hall–Kier alpha value is -0.490. The Morgan fingerprint density at radius 2 is 2.11 bits per heavy atom. The molecule has 3 N–H and O–H groups in total. The highest BCUT2D eigenvalue weighted by molar-refractivity contribution is 9.09. The van der Waals surface area contributed by atoms with E-state index in [1.54, 1.807) is 6.07 Å². The zero-order valence-electron chi connectivity index (χ0n) is 9.51. The molecule has 0 aliphatic carbocycles. The molecule has 0 unspecified atom stereocenters. The van der Waals surface area contributed by atoms with Crippen LogP contribution in [-0.4, -0.2) is 31.0 Å². The van der Waals surface area contributed by atoms with Crippen LogP contribution < -0.4 is 11.1 Å². The number of hydrogen-bond donors (Lipinski definition) is 2. The van der Waals surface area contributed by atoms with Gasteiger partial charge in [0.2, 0.25) is 0 Å². The lowest BCUT2D eigenvalue weighted by atomic mass is 10.1. The van der Waals surface area contributed by atoms with Gasteiger partial charge in [0.05, 0.1) is 29.5 Å². The molecule has 1 rings (SSSR count). The summed E-state index contributed by atoms with van der Waals surface area (Å²) in [4.78, 5) is 11.3. The standard InChI is InChI=1S/C11H13BrCl2N2O2/c12-1-3-18-4-2-16-9-6-7(13)5-8(14)10(9)11(15)17/h5-6,16H,1-4H2,(H2,15,17). The SMILES string of the molecule is NC(=O)c1c(Cl)cc(Cl)cc1NCCOCCBr. The second-order valence-electron chi connectivity index (χ2n) is 3.40. The van der Waals surface area contributed by atoms with Gasteiger partial charge in [0, 0.05) is 16.9 Å². The maximum absolute atomic E-state index is 11.3. The molecule has 0 saturated heterocycles. The lowest BCUT2D eigenvalue weighted by molar-refractivity contribution is 0.100. The largest absolute Gasteiger partial charge is 0.382 e. The highest BCUT2D eigenvalue weighted by atomic mass is 79.9. The van der Waals surface area contributed by atoms with Crippen molar-refractivity contribution in [1.29, 1.82) is 0 Å². The molecule has 0 bridgehead atoms. The number of nitrogens with two attached hydrogens (primary N) is 1. The fourth-order valence-electron chi connectivity index (χ4n) is 1.38. The van der Waals surface area contributed by atoms with E-state index in [2.05, 4.69) is 21.2 Å². The van der Waals surface area contributed by atoms with Crippen molar-refractivity contribution >= 4 is 50.7 Å². The molecule has 0 aromatic heterocycles. The maximum atomic E-state index is 11.3. The highest BCUT2D eigenvalue weighted by Gasteiger charge is 2.13. The quantitative estimate of drug-likeness (QED) is 0.583. The van der Waals surface area contributed by atoms with Crippen LogP contribution >= 0.6 is 39.1 Å². The molecule has 100 valence electrons. The van der Waals surface area contributed by atoms with Crippen LogP contribution in [0.5, 0.6) is 0 Å². The summed E-state index contributed by atoms with van der Waals surface area (Å²) in [5.41, 5.74) is 6.03. The average Bonchev–Trinajstić information content (AvgIpc) is 2.27.